The van der Waals surface area contributed by atoms with Crippen LogP contribution in [0, 0.1) is 5.92 Å². The molecule has 1 unspecified atom stereocenters. The summed E-state index contributed by atoms with van der Waals surface area (Å²) in [5.41, 5.74) is 0.777. The summed E-state index contributed by atoms with van der Waals surface area (Å²) in [6, 6.07) is 3.89. The van der Waals surface area contributed by atoms with Gasteiger partial charge in [0.15, 0.2) is 0 Å². The summed E-state index contributed by atoms with van der Waals surface area (Å²) in [6.07, 6.45) is 4.63. The van der Waals surface area contributed by atoms with Crippen LogP contribution in [0.1, 0.15) is 33.1 Å². The molecule has 0 radical (unpaired) electrons. The molecule has 1 saturated heterocycles. The van der Waals surface area contributed by atoms with E-state index in [0.29, 0.717) is 12.3 Å². The van der Waals surface area contributed by atoms with Gasteiger partial charge in [0.2, 0.25) is 5.91 Å². The maximum Gasteiger partial charge on any atom is 0.224 e. The van der Waals surface area contributed by atoms with E-state index in [-0.39, 0.29) is 5.91 Å². The molecule has 1 aromatic heterocycles. The van der Waals surface area contributed by atoms with Crippen LogP contribution in [-0.4, -0.2) is 37.1 Å². The van der Waals surface area contributed by atoms with Crippen molar-refractivity contribution in [1.82, 2.24) is 10.3 Å². The van der Waals surface area contributed by atoms with Gasteiger partial charge in [-0.15, -0.1) is 0 Å². The van der Waals surface area contributed by atoms with Gasteiger partial charge in [-0.05, 0) is 57.8 Å². The maximum atomic E-state index is 12.0. The Hall–Kier alpha value is -1.62. The normalized spacial score (nSPS) is 18.3. The van der Waals surface area contributed by atoms with E-state index < -0.39 is 0 Å². The Labute approximate surface area is 127 Å². The van der Waals surface area contributed by atoms with E-state index in [9.17, 15) is 4.79 Å². The standard InChI is InChI=1S/C16H26N4O/c1-3-20(4-2)15-8-7-14(12-18-15)19-16(21)10-13-6-5-9-17-11-13/h7-8,12-13,17H,3-6,9-11H2,1-2H3,(H,19,21). The number of nitrogens with zero attached hydrogens (tertiary/aromatic N) is 2. The van der Waals surface area contributed by atoms with Gasteiger partial charge in [-0.2, -0.15) is 0 Å². The van der Waals surface area contributed by atoms with E-state index >= 15 is 0 Å². The minimum absolute atomic E-state index is 0.0843. The maximum absolute atomic E-state index is 12.0. The van der Waals surface area contributed by atoms with Crippen molar-refractivity contribution in [3.05, 3.63) is 18.3 Å². The van der Waals surface area contributed by atoms with Gasteiger partial charge >= 0.3 is 0 Å². The lowest BCUT2D eigenvalue weighted by atomic mass is 9.96. The Balaban J connectivity index is 1.86. The average Bonchev–Trinajstić information content (AvgIpc) is 2.51. The van der Waals surface area contributed by atoms with Gasteiger partial charge in [0, 0.05) is 19.5 Å². The van der Waals surface area contributed by atoms with Crippen molar-refractivity contribution in [3.63, 3.8) is 0 Å². The van der Waals surface area contributed by atoms with Crippen LogP contribution >= 0.6 is 0 Å². The first-order valence-corrected chi connectivity index (χ1v) is 7.94. The summed E-state index contributed by atoms with van der Waals surface area (Å²) < 4.78 is 0. The second-order valence-corrected chi connectivity index (χ2v) is 5.54. The second kappa shape index (κ2) is 7.98. The summed E-state index contributed by atoms with van der Waals surface area (Å²) in [5.74, 6) is 1.50. The molecule has 0 spiro atoms. The molecule has 116 valence electrons. The van der Waals surface area contributed by atoms with Crippen LogP contribution in [0.4, 0.5) is 11.5 Å². The van der Waals surface area contributed by atoms with Crippen molar-refractivity contribution in [2.24, 2.45) is 5.92 Å². The SMILES string of the molecule is CCN(CC)c1ccc(NC(=O)CC2CCCNC2)cn1. The highest BCUT2D eigenvalue weighted by atomic mass is 16.1. The molecular weight excluding hydrogens is 264 g/mol. The zero-order chi connectivity index (χ0) is 15.1. The largest absolute Gasteiger partial charge is 0.357 e. The molecule has 0 aliphatic carbocycles. The highest BCUT2D eigenvalue weighted by molar-refractivity contribution is 5.90. The number of piperidine rings is 1. The number of aromatic nitrogens is 1. The van der Waals surface area contributed by atoms with Gasteiger partial charge in [0.25, 0.3) is 0 Å². The van der Waals surface area contributed by atoms with Gasteiger partial charge in [-0.3, -0.25) is 4.79 Å². The fourth-order valence-corrected chi connectivity index (χ4v) is 2.77. The Kier molecular flexibility index (Phi) is 5.99. The molecule has 1 atom stereocenters. The van der Waals surface area contributed by atoms with E-state index in [1.54, 1.807) is 6.20 Å². The molecule has 21 heavy (non-hydrogen) atoms. The predicted octanol–water partition coefficient (Wildman–Crippen LogP) is 2.26. The van der Waals surface area contributed by atoms with Crippen LogP contribution in [0.25, 0.3) is 0 Å². The molecule has 1 fully saturated rings. The van der Waals surface area contributed by atoms with Crippen LogP contribution in [0.15, 0.2) is 18.3 Å². The summed E-state index contributed by atoms with van der Waals surface area (Å²) in [7, 11) is 0. The molecule has 0 saturated carbocycles. The number of pyridine rings is 1. The van der Waals surface area contributed by atoms with Crippen molar-refractivity contribution < 1.29 is 4.79 Å². The Morgan fingerprint density at radius 2 is 2.24 bits per heavy atom. The molecule has 2 heterocycles. The molecular formula is C16H26N4O. The minimum Gasteiger partial charge on any atom is -0.357 e. The molecule has 0 bridgehead atoms. The number of nitrogens with one attached hydrogen (secondary N) is 2. The molecule has 1 aliphatic heterocycles. The molecule has 1 aliphatic rings. The van der Waals surface area contributed by atoms with E-state index in [1.807, 2.05) is 12.1 Å². The number of carbonyl (C=O) groups excluding carboxylic acids is 1. The van der Waals surface area contributed by atoms with Crippen molar-refractivity contribution >= 4 is 17.4 Å². The first kappa shape index (κ1) is 15.8. The van der Waals surface area contributed by atoms with Gasteiger partial charge in [-0.25, -0.2) is 4.98 Å². The topological polar surface area (TPSA) is 57.3 Å². The lowest BCUT2D eigenvalue weighted by molar-refractivity contribution is -0.117. The van der Waals surface area contributed by atoms with Crippen LogP contribution in [0.2, 0.25) is 0 Å². The lowest BCUT2D eigenvalue weighted by Crippen LogP contribution is -2.32. The minimum atomic E-state index is 0.0843. The zero-order valence-electron chi connectivity index (χ0n) is 13.1. The number of amides is 1. The summed E-state index contributed by atoms with van der Waals surface area (Å²) >= 11 is 0. The van der Waals surface area contributed by atoms with Gasteiger partial charge < -0.3 is 15.5 Å². The molecule has 0 aromatic carbocycles. The molecule has 1 aromatic rings. The molecule has 5 nitrogen and oxygen atoms in total. The number of hydrogen-bond donors (Lipinski definition) is 2. The van der Waals surface area contributed by atoms with Gasteiger partial charge in [0.1, 0.15) is 5.82 Å². The zero-order valence-corrected chi connectivity index (χ0v) is 13.1. The van der Waals surface area contributed by atoms with Gasteiger partial charge in [0.05, 0.1) is 11.9 Å². The molecule has 5 heteroatoms. The van der Waals surface area contributed by atoms with Crippen molar-refractivity contribution in [1.29, 1.82) is 0 Å². The molecule has 2 N–H and O–H groups in total. The highest BCUT2D eigenvalue weighted by Gasteiger charge is 2.16. The van der Waals surface area contributed by atoms with Gasteiger partial charge in [-0.1, -0.05) is 0 Å². The molecule has 1 amide bonds. The van der Waals surface area contributed by atoms with E-state index in [1.165, 1.54) is 0 Å². The quantitative estimate of drug-likeness (QED) is 0.844. The third kappa shape index (κ3) is 4.70. The van der Waals surface area contributed by atoms with Crippen LogP contribution in [-0.2, 0) is 4.79 Å². The predicted molar refractivity (Wildman–Crippen MR) is 86.6 cm³/mol. The average molecular weight is 290 g/mol. The summed E-state index contributed by atoms with van der Waals surface area (Å²) in [5, 5.41) is 6.28. The van der Waals surface area contributed by atoms with Crippen molar-refractivity contribution in [2.45, 2.75) is 33.1 Å². The highest BCUT2D eigenvalue weighted by Crippen LogP contribution is 2.17. The first-order valence-electron chi connectivity index (χ1n) is 7.94. The number of anilines is 2. The van der Waals surface area contributed by atoms with Crippen molar-refractivity contribution in [2.75, 3.05) is 36.4 Å². The number of rotatable bonds is 6. The van der Waals surface area contributed by atoms with E-state index in [0.717, 1.165) is 50.5 Å². The number of carbonyl (C=O) groups is 1. The lowest BCUT2D eigenvalue weighted by Gasteiger charge is -2.22. The van der Waals surface area contributed by atoms with Crippen LogP contribution < -0.4 is 15.5 Å². The van der Waals surface area contributed by atoms with E-state index in [4.69, 9.17) is 0 Å². The van der Waals surface area contributed by atoms with Crippen molar-refractivity contribution in [3.8, 4) is 0 Å². The monoisotopic (exact) mass is 290 g/mol. The Morgan fingerprint density at radius 1 is 1.43 bits per heavy atom. The third-order valence-electron chi connectivity index (χ3n) is 3.99. The fraction of sp³-hybridized carbons (Fsp3) is 0.625. The number of hydrogen-bond acceptors (Lipinski definition) is 4. The smallest absolute Gasteiger partial charge is 0.224 e. The van der Waals surface area contributed by atoms with Crippen LogP contribution in [0.3, 0.4) is 0 Å². The first-order chi connectivity index (χ1) is 10.2. The van der Waals surface area contributed by atoms with Crippen LogP contribution in [0.5, 0.6) is 0 Å². The second-order valence-electron chi connectivity index (χ2n) is 5.54. The third-order valence-corrected chi connectivity index (χ3v) is 3.99. The molecule has 2 rings (SSSR count). The Bertz CT molecular complexity index is 436. The summed E-state index contributed by atoms with van der Waals surface area (Å²) in [4.78, 5) is 18.6. The summed E-state index contributed by atoms with van der Waals surface area (Å²) in [6.45, 7) is 8.12. The Morgan fingerprint density at radius 3 is 2.81 bits per heavy atom. The van der Waals surface area contributed by atoms with E-state index in [2.05, 4.69) is 34.4 Å². The fourth-order valence-electron chi connectivity index (χ4n) is 2.77.